The highest BCUT2D eigenvalue weighted by Crippen LogP contribution is 2.18. The summed E-state index contributed by atoms with van der Waals surface area (Å²) in [6, 6.07) is 5.02. The lowest BCUT2D eigenvalue weighted by molar-refractivity contribution is -0.263. The van der Waals surface area contributed by atoms with Gasteiger partial charge in [0.1, 0.15) is 0 Å². The highest BCUT2D eigenvalue weighted by molar-refractivity contribution is 6.31. The highest BCUT2D eigenvalue weighted by atomic mass is 35.5. The number of anilines is 1. The number of carbonyl (C=O) groups excluding carboxylic acids is 1. The van der Waals surface area contributed by atoms with Crippen LogP contribution in [0.15, 0.2) is 23.0 Å². The molecular formula is C14H16ClN4O3-. The Labute approximate surface area is 132 Å². The van der Waals surface area contributed by atoms with E-state index in [0.717, 1.165) is 11.4 Å². The Morgan fingerprint density at radius 1 is 1.45 bits per heavy atom. The van der Waals surface area contributed by atoms with Crippen LogP contribution in [0.25, 0.3) is 11.0 Å². The zero-order valence-electron chi connectivity index (χ0n) is 12.3. The fourth-order valence-electron chi connectivity index (χ4n) is 2.11. The smallest absolute Gasteiger partial charge is 0.295 e. The van der Waals surface area contributed by atoms with E-state index in [0.29, 0.717) is 22.6 Å². The number of rotatable bonds is 5. The fourth-order valence-corrected chi connectivity index (χ4v) is 2.28. The van der Waals surface area contributed by atoms with Gasteiger partial charge in [-0.2, -0.15) is 0 Å². The molecule has 0 bridgehead atoms. The lowest BCUT2D eigenvalue weighted by atomic mass is 10.3. The molecule has 0 fully saturated rings. The summed E-state index contributed by atoms with van der Waals surface area (Å²) in [7, 11) is 0. The van der Waals surface area contributed by atoms with E-state index in [-0.39, 0.29) is 12.4 Å². The maximum Gasteiger partial charge on any atom is 0.295 e. The number of aryl methyl sites for hydroxylation is 1. The molecule has 1 amide bonds. The molecule has 0 spiro atoms. The molecule has 0 aliphatic heterocycles. The molecule has 0 saturated carbocycles. The van der Waals surface area contributed by atoms with E-state index in [1.165, 1.54) is 4.57 Å². The minimum absolute atomic E-state index is 0.0608. The summed E-state index contributed by atoms with van der Waals surface area (Å²) < 4.78 is 1.53. The molecule has 8 heteroatoms. The predicted octanol–water partition coefficient (Wildman–Crippen LogP) is 1.45. The molecule has 118 valence electrons. The van der Waals surface area contributed by atoms with Crippen molar-refractivity contribution in [2.45, 2.75) is 26.8 Å². The Kier molecular flexibility index (Phi) is 4.87. The number of amides is 1. The Morgan fingerprint density at radius 2 is 2.18 bits per heavy atom. The average Bonchev–Trinajstić information content (AvgIpc) is 2.48. The molecule has 2 aromatic rings. The van der Waals surface area contributed by atoms with E-state index >= 15 is 0 Å². The maximum atomic E-state index is 12.5. The predicted molar refractivity (Wildman–Crippen MR) is 82.7 cm³/mol. The molecule has 0 saturated heterocycles. The molecule has 1 N–H and O–H groups in total. The van der Waals surface area contributed by atoms with Crippen molar-refractivity contribution in [1.29, 1.82) is 0 Å². The van der Waals surface area contributed by atoms with Crippen LogP contribution in [0.3, 0.4) is 0 Å². The molecule has 0 atom stereocenters. The molecule has 2 rings (SSSR count). The third-order valence-corrected chi connectivity index (χ3v) is 3.37. The van der Waals surface area contributed by atoms with E-state index in [9.17, 15) is 14.7 Å². The molecule has 22 heavy (non-hydrogen) atoms. The summed E-state index contributed by atoms with van der Waals surface area (Å²) in [6.45, 7) is 4.16. The number of hydrogen-bond acceptors (Lipinski definition) is 5. The molecule has 0 radical (unpaired) electrons. The maximum absolute atomic E-state index is 12.5. The van der Waals surface area contributed by atoms with Gasteiger partial charge in [-0.05, 0) is 31.5 Å². The van der Waals surface area contributed by atoms with Crippen molar-refractivity contribution in [3.8, 4) is 0 Å². The van der Waals surface area contributed by atoms with Gasteiger partial charge >= 0.3 is 0 Å². The Morgan fingerprint density at radius 3 is 2.77 bits per heavy atom. The minimum Gasteiger partial charge on any atom is -0.529 e. The van der Waals surface area contributed by atoms with Crippen LogP contribution >= 0.6 is 11.6 Å². The topological polar surface area (TPSA) is 90.3 Å². The lowest BCUT2D eigenvalue weighted by Gasteiger charge is -2.24. The Balaban J connectivity index is 2.61. The third kappa shape index (κ3) is 3.14. The number of nitrogens with zero attached hydrogens (tertiary/aromatic N) is 3. The normalized spacial score (nSPS) is 10.7. The van der Waals surface area contributed by atoms with Crippen LogP contribution in [0.4, 0.5) is 10.6 Å². The van der Waals surface area contributed by atoms with Crippen molar-refractivity contribution in [3.05, 3.63) is 33.6 Å². The van der Waals surface area contributed by atoms with Gasteiger partial charge in [0.15, 0.2) is 6.09 Å². The van der Waals surface area contributed by atoms with Crippen molar-refractivity contribution < 1.29 is 9.90 Å². The molecule has 0 aliphatic rings. The summed E-state index contributed by atoms with van der Waals surface area (Å²) >= 11 is 5.98. The number of benzene rings is 1. The number of hydrogen-bond donors (Lipinski definition) is 1. The van der Waals surface area contributed by atoms with E-state index in [1.54, 1.807) is 25.1 Å². The second-order valence-corrected chi connectivity index (χ2v) is 5.11. The first-order valence-corrected chi connectivity index (χ1v) is 7.31. The SMILES string of the molecule is CCCn1c(=O)c(NN(CC)C(=O)[O-])nc2ccc(Cl)cc21. The van der Waals surface area contributed by atoms with Gasteiger partial charge in [0.05, 0.1) is 11.0 Å². The highest BCUT2D eigenvalue weighted by Gasteiger charge is 2.13. The van der Waals surface area contributed by atoms with E-state index in [4.69, 9.17) is 11.6 Å². The van der Waals surface area contributed by atoms with Crippen molar-refractivity contribution in [1.82, 2.24) is 14.6 Å². The first-order chi connectivity index (χ1) is 10.5. The first-order valence-electron chi connectivity index (χ1n) is 6.93. The van der Waals surface area contributed by atoms with Gasteiger partial charge in [-0.3, -0.25) is 15.2 Å². The van der Waals surface area contributed by atoms with Gasteiger partial charge in [-0.1, -0.05) is 18.5 Å². The Hall–Kier alpha value is -2.28. The summed E-state index contributed by atoms with van der Waals surface area (Å²) in [5, 5.41) is 12.3. The minimum atomic E-state index is -1.43. The fraction of sp³-hybridized carbons (Fsp3) is 0.357. The molecular weight excluding hydrogens is 308 g/mol. The number of carboxylic acid groups (broad SMARTS) is 1. The zero-order valence-corrected chi connectivity index (χ0v) is 13.1. The van der Waals surface area contributed by atoms with Gasteiger partial charge in [-0.15, -0.1) is 0 Å². The number of carbonyl (C=O) groups is 1. The summed E-state index contributed by atoms with van der Waals surface area (Å²) in [5.41, 5.74) is 3.25. The standard InChI is InChI=1S/C14H17ClN4O3/c1-3-7-18-11-8-9(15)5-6-10(11)16-12(13(18)20)17-19(4-2)14(21)22/h5-6,8H,3-4,7H2,1-2H3,(H,16,17)(H,21,22)/p-1. The number of hydrazine groups is 1. The lowest BCUT2D eigenvalue weighted by Crippen LogP contribution is -2.46. The molecule has 0 unspecified atom stereocenters. The molecule has 1 aromatic carbocycles. The zero-order chi connectivity index (χ0) is 16.3. The van der Waals surface area contributed by atoms with Crippen LogP contribution in [0.5, 0.6) is 0 Å². The quantitative estimate of drug-likeness (QED) is 0.841. The average molecular weight is 324 g/mol. The van der Waals surface area contributed by atoms with Crippen LogP contribution in [0, 0.1) is 0 Å². The molecule has 7 nitrogen and oxygen atoms in total. The van der Waals surface area contributed by atoms with Gasteiger partial charge < -0.3 is 14.5 Å². The summed E-state index contributed by atoms with van der Waals surface area (Å²) in [6.07, 6.45) is -0.690. The van der Waals surface area contributed by atoms with Gasteiger partial charge in [0, 0.05) is 18.1 Å². The molecule has 1 heterocycles. The summed E-state index contributed by atoms with van der Waals surface area (Å²) in [4.78, 5) is 27.7. The van der Waals surface area contributed by atoms with E-state index in [1.807, 2.05) is 6.92 Å². The number of halogens is 1. The van der Waals surface area contributed by atoms with Crippen LogP contribution in [-0.2, 0) is 6.54 Å². The van der Waals surface area contributed by atoms with Crippen LogP contribution < -0.4 is 16.1 Å². The molecule has 0 aliphatic carbocycles. The van der Waals surface area contributed by atoms with Crippen molar-refractivity contribution in [3.63, 3.8) is 0 Å². The number of aromatic nitrogens is 2. The second-order valence-electron chi connectivity index (χ2n) is 4.67. The van der Waals surface area contributed by atoms with Crippen LogP contribution in [0.2, 0.25) is 5.02 Å². The van der Waals surface area contributed by atoms with Crippen molar-refractivity contribution in [2.75, 3.05) is 12.0 Å². The second kappa shape index (κ2) is 6.65. The van der Waals surface area contributed by atoms with Gasteiger partial charge in [-0.25, -0.2) is 4.98 Å². The largest absolute Gasteiger partial charge is 0.529 e. The number of nitrogens with one attached hydrogen (secondary N) is 1. The van der Waals surface area contributed by atoms with Gasteiger partial charge in [0.25, 0.3) is 5.56 Å². The van der Waals surface area contributed by atoms with Crippen LogP contribution in [0.1, 0.15) is 20.3 Å². The molecule has 1 aromatic heterocycles. The Bertz CT molecular complexity index is 760. The van der Waals surface area contributed by atoms with E-state index < -0.39 is 11.7 Å². The van der Waals surface area contributed by atoms with Crippen molar-refractivity contribution >= 4 is 34.5 Å². The number of fused-ring (bicyclic) bond motifs is 1. The summed E-state index contributed by atoms with van der Waals surface area (Å²) in [5.74, 6) is -0.0608. The van der Waals surface area contributed by atoms with Gasteiger partial charge in [0.2, 0.25) is 5.82 Å². The van der Waals surface area contributed by atoms with Crippen LogP contribution in [-0.4, -0.2) is 27.2 Å². The van der Waals surface area contributed by atoms with Crippen molar-refractivity contribution in [2.24, 2.45) is 0 Å². The van der Waals surface area contributed by atoms with E-state index in [2.05, 4.69) is 10.4 Å². The third-order valence-electron chi connectivity index (χ3n) is 3.13. The first kappa shape index (κ1) is 16.1. The monoisotopic (exact) mass is 323 g/mol.